The van der Waals surface area contributed by atoms with Crippen LogP contribution < -0.4 is 10.5 Å². The molecule has 3 aliphatic heterocycles. The summed E-state index contributed by atoms with van der Waals surface area (Å²) in [5.41, 5.74) is 8.45. The van der Waals surface area contributed by atoms with Gasteiger partial charge in [-0.15, -0.1) is 0 Å². The number of hydrogen-bond donors (Lipinski definition) is 2. The molecule has 0 amide bonds. The van der Waals surface area contributed by atoms with Crippen molar-refractivity contribution in [2.75, 3.05) is 19.8 Å². The number of fused-ring (bicyclic) bond motifs is 4. The normalized spacial score (nSPS) is 21.7. The zero-order chi connectivity index (χ0) is 21.8. The maximum Gasteiger partial charge on any atom is 0.283 e. The van der Waals surface area contributed by atoms with Gasteiger partial charge >= 0.3 is 0 Å². The fourth-order valence-electron chi connectivity index (χ4n) is 4.20. The van der Waals surface area contributed by atoms with Crippen molar-refractivity contribution in [2.45, 2.75) is 11.1 Å². The number of aromatic nitrogens is 1. The Morgan fingerprint density at radius 1 is 0.969 bits per heavy atom. The third kappa shape index (κ3) is 2.93. The van der Waals surface area contributed by atoms with Crippen LogP contribution in [0.25, 0.3) is 11.1 Å². The van der Waals surface area contributed by atoms with Crippen molar-refractivity contribution in [3.63, 3.8) is 0 Å². The SMILES string of the molecule is NC1=N[C@]2(CO1)c1cc(C#CC3(O)COC3)ccc1Oc1ccc(-c3cccnc3)cc12. The van der Waals surface area contributed by atoms with Gasteiger partial charge in [0.2, 0.25) is 0 Å². The quantitative estimate of drug-likeness (QED) is 0.582. The smallest absolute Gasteiger partial charge is 0.283 e. The summed E-state index contributed by atoms with van der Waals surface area (Å²) in [4.78, 5) is 8.96. The van der Waals surface area contributed by atoms with Crippen LogP contribution >= 0.6 is 0 Å². The van der Waals surface area contributed by atoms with E-state index in [0.29, 0.717) is 11.5 Å². The second kappa shape index (κ2) is 6.82. The molecule has 4 heterocycles. The predicted octanol–water partition coefficient (Wildman–Crippen LogP) is 2.56. The summed E-state index contributed by atoms with van der Waals surface area (Å²) >= 11 is 0. The Bertz CT molecular complexity index is 1320. The molecule has 0 bridgehead atoms. The van der Waals surface area contributed by atoms with Gasteiger partial charge in [0.25, 0.3) is 6.02 Å². The first-order valence-corrected chi connectivity index (χ1v) is 10.2. The van der Waals surface area contributed by atoms with E-state index in [9.17, 15) is 5.11 Å². The van der Waals surface area contributed by atoms with Crippen LogP contribution in [0.5, 0.6) is 11.5 Å². The molecule has 1 aromatic heterocycles. The number of benzene rings is 2. The molecule has 3 N–H and O–H groups in total. The van der Waals surface area contributed by atoms with Gasteiger partial charge < -0.3 is 25.1 Å². The number of nitrogens with zero attached hydrogens (tertiary/aromatic N) is 2. The highest BCUT2D eigenvalue weighted by molar-refractivity contribution is 5.78. The Kier molecular flexibility index (Phi) is 4.02. The number of ether oxygens (including phenoxy) is 3. The van der Waals surface area contributed by atoms with E-state index in [1.54, 1.807) is 6.20 Å². The Hall–Kier alpha value is -3.86. The molecule has 3 aliphatic rings. The Morgan fingerprint density at radius 3 is 2.47 bits per heavy atom. The highest BCUT2D eigenvalue weighted by atomic mass is 16.5. The third-order valence-electron chi connectivity index (χ3n) is 5.92. The van der Waals surface area contributed by atoms with Crippen molar-refractivity contribution in [1.29, 1.82) is 0 Å². The molecule has 158 valence electrons. The van der Waals surface area contributed by atoms with Crippen molar-refractivity contribution in [1.82, 2.24) is 4.98 Å². The predicted molar refractivity (Wildman–Crippen MR) is 117 cm³/mol. The van der Waals surface area contributed by atoms with Gasteiger partial charge in [0.15, 0.2) is 11.1 Å². The van der Waals surface area contributed by atoms with E-state index in [1.165, 1.54) is 0 Å². The number of hydrogen-bond acceptors (Lipinski definition) is 7. The maximum absolute atomic E-state index is 10.2. The molecule has 7 nitrogen and oxygen atoms in total. The summed E-state index contributed by atoms with van der Waals surface area (Å²) in [5.74, 6) is 7.32. The van der Waals surface area contributed by atoms with Gasteiger partial charge in [-0.25, -0.2) is 4.99 Å². The molecule has 0 unspecified atom stereocenters. The van der Waals surface area contributed by atoms with Gasteiger partial charge in [0.05, 0.1) is 13.2 Å². The monoisotopic (exact) mass is 425 g/mol. The van der Waals surface area contributed by atoms with E-state index in [0.717, 1.165) is 27.8 Å². The summed E-state index contributed by atoms with van der Waals surface area (Å²) in [6, 6.07) is 15.7. The number of nitrogens with two attached hydrogens (primary N) is 1. The molecular weight excluding hydrogens is 406 g/mol. The highest BCUT2D eigenvalue weighted by Crippen LogP contribution is 2.51. The zero-order valence-corrected chi connectivity index (χ0v) is 17.0. The molecule has 3 aromatic rings. The minimum absolute atomic E-state index is 0.132. The van der Waals surface area contributed by atoms with Crippen LogP contribution in [0.1, 0.15) is 16.7 Å². The molecule has 2 aromatic carbocycles. The van der Waals surface area contributed by atoms with Crippen LogP contribution in [0, 0.1) is 11.8 Å². The van der Waals surface area contributed by atoms with Gasteiger partial charge in [0.1, 0.15) is 18.1 Å². The summed E-state index contributed by atoms with van der Waals surface area (Å²) in [6.07, 6.45) is 3.56. The number of aliphatic imine (C=N–C) groups is 1. The van der Waals surface area contributed by atoms with Gasteiger partial charge in [-0.3, -0.25) is 4.98 Å². The number of aliphatic hydroxyl groups is 1. The Morgan fingerprint density at radius 2 is 1.78 bits per heavy atom. The van der Waals surface area contributed by atoms with Crippen molar-refractivity contribution in [3.05, 3.63) is 77.6 Å². The lowest BCUT2D eigenvalue weighted by Gasteiger charge is -2.34. The van der Waals surface area contributed by atoms with E-state index in [4.69, 9.17) is 24.9 Å². The van der Waals surface area contributed by atoms with Crippen LogP contribution in [-0.2, 0) is 15.0 Å². The first kappa shape index (κ1) is 18.9. The lowest BCUT2D eigenvalue weighted by molar-refractivity contribution is -0.140. The minimum atomic E-state index is -1.09. The molecule has 0 saturated carbocycles. The number of pyridine rings is 1. The molecule has 6 rings (SSSR count). The molecular formula is C25H19N3O4. The number of rotatable bonds is 1. The van der Waals surface area contributed by atoms with E-state index < -0.39 is 11.1 Å². The molecule has 1 saturated heterocycles. The standard InChI is InChI=1S/C25H19N3O4/c26-23-28-25(15-31-23)19-10-16(7-8-24(29)13-30-14-24)3-5-21(19)32-22-6-4-17(11-20(22)25)18-2-1-9-27-12-18/h1-6,9-12,29H,13-15H2,(H2,26,28)/t25-/m1/s1. The maximum atomic E-state index is 10.2. The Labute approximate surface area is 184 Å². The molecule has 32 heavy (non-hydrogen) atoms. The summed E-state index contributed by atoms with van der Waals surface area (Å²) in [7, 11) is 0. The first-order valence-electron chi connectivity index (χ1n) is 10.2. The average Bonchev–Trinajstić information content (AvgIpc) is 3.19. The second-order valence-corrected chi connectivity index (χ2v) is 8.14. The van der Waals surface area contributed by atoms with Crippen molar-refractivity contribution >= 4 is 6.02 Å². The molecule has 1 atom stereocenters. The zero-order valence-electron chi connectivity index (χ0n) is 17.0. The molecule has 1 spiro atoms. The van der Waals surface area contributed by atoms with Crippen molar-refractivity contribution in [3.8, 4) is 34.5 Å². The molecule has 0 aliphatic carbocycles. The van der Waals surface area contributed by atoms with Crippen molar-refractivity contribution < 1.29 is 19.3 Å². The van der Waals surface area contributed by atoms with E-state index in [2.05, 4.69) is 16.8 Å². The van der Waals surface area contributed by atoms with E-state index in [-0.39, 0.29) is 25.8 Å². The van der Waals surface area contributed by atoms with E-state index >= 15 is 0 Å². The van der Waals surface area contributed by atoms with Crippen LogP contribution in [0.3, 0.4) is 0 Å². The second-order valence-electron chi connectivity index (χ2n) is 8.14. The van der Waals surface area contributed by atoms with Crippen molar-refractivity contribution in [2.24, 2.45) is 10.7 Å². The molecule has 0 radical (unpaired) electrons. The van der Waals surface area contributed by atoms with Crippen LogP contribution in [-0.4, -0.2) is 41.5 Å². The lowest BCUT2D eigenvalue weighted by atomic mass is 9.80. The van der Waals surface area contributed by atoms with Crippen LogP contribution in [0.4, 0.5) is 0 Å². The van der Waals surface area contributed by atoms with Gasteiger partial charge in [-0.2, -0.15) is 0 Å². The van der Waals surface area contributed by atoms with Crippen LogP contribution in [0.2, 0.25) is 0 Å². The third-order valence-corrected chi connectivity index (χ3v) is 5.92. The van der Waals surface area contributed by atoms with Gasteiger partial charge in [0, 0.05) is 34.6 Å². The molecule has 1 fully saturated rings. The van der Waals surface area contributed by atoms with Gasteiger partial charge in [-0.05, 0) is 42.0 Å². The highest BCUT2D eigenvalue weighted by Gasteiger charge is 2.47. The average molecular weight is 425 g/mol. The minimum Gasteiger partial charge on any atom is -0.462 e. The van der Waals surface area contributed by atoms with E-state index in [1.807, 2.05) is 54.7 Å². The largest absolute Gasteiger partial charge is 0.462 e. The fraction of sp³-hybridized carbons (Fsp3) is 0.200. The first-order chi connectivity index (χ1) is 15.5. The van der Waals surface area contributed by atoms with Crippen LogP contribution in [0.15, 0.2) is 65.9 Å². The topological polar surface area (TPSA) is 99.2 Å². The van der Waals surface area contributed by atoms with Gasteiger partial charge in [-0.1, -0.05) is 24.0 Å². The molecule has 7 heteroatoms. The fourth-order valence-corrected chi connectivity index (χ4v) is 4.20. The summed E-state index contributed by atoms with van der Waals surface area (Å²) < 4.78 is 16.9. The number of amidine groups is 1. The Balaban J connectivity index is 1.49. The summed E-state index contributed by atoms with van der Waals surface area (Å²) in [5, 5.41) is 10.2. The lowest BCUT2D eigenvalue weighted by Crippen LogP contribution is -2.48. The summed E-state index contributed by atoms with van der Waals surface area (Å²) in [6.45, 7) is 0.696.